The van der Waals surface area contributed by atoms with Crippen molar-refractivity contribution in [2.24, 2.45) is 0 Å². The van der Waals surface area contributed by atoms with Crippen LogP contribution >= 0.6 is 11.6 Å². The molecule has 38 heavy (non-hydrogen) atoms. The van der Waals surface area contributed by atoms with E-state index in [-0.39, 0.29) is 17.7 Å². The zero-order valence-electron chi connectivity index (χ0n) is 21.1. The van der Waals surface area contributed by atoms with E-state index in [0.29, 0.717) is 23.9 Å². The SMILES string of the molecule is CCCCc1nc(Cl)c(COCc2ccc(C(=O)O)cc2)n1Cc1ccc(-c2ccccc2C(=O)O)cc1. The first-order valence-electron chi connectivity index (χ1n) is 12.4. The number of carboxylic acids is 2. The highest BCUT2D eigenvalue weighted by Crippen LogP contribution is 2.26. The van der Waals surface area contributed by atoms with Gasteiger partial charge < -0.3 is 19.5 Å². The average molecular weight is 533 g/mol. The molecule has 3 aromatic carbocycles. The molecule has 0 aliphatic carbocycles. The number of aromatic carboxylic acids is 2. The third-order valence-corrected chi connectivity index (χ3v) is 6.63. The van der Waals surface area contributed by atoms with Gasteiger partial charge in [0.25, 0.3) is 0 Å². The highest BCUT2D eigenvalue weighted by molar-refractivity contribution is 6.30. The van der Waals surface area contributed by atoms with Crippen LogP contribution in [0.2, 0.25) is 5.15 Å². The predicted molar refractivity (Wildman–Crippen MR) is 146 cm³/mol. The van der Waals surface area contributed by atoms with E-state index >= 15 is 0 Å². The van der Waals surface area contributed by atoms with E-state index < -0.39 is 11.9 Å². The molecular formula is C30H29ClN2O5. The maximum absolute atomic E-state index is 11.6. The zero-order chi connectivity index (χ0) is 27.1. The molecule has 1 aromatic heterocycles. The molecule has 1 heterocycles. The van der Waals surface area contributed by atoms with Crippen LogP contribution < -0.4 is 0 Å². The Hall–Kier alpha value is -3.94. The van der Waals surface area contributed by atoms with Gasteiger partial charge in [0.15, 0.2) is 5.15 Å². The van der Waals surface area contributed by atoms with Crippen LogP contribution in [0.4, 0.5) is 0 Å². The van der Waals surface area contributed by atoms with E-state index in [9.17, 15) is 14.7 Å². The second-order valence-electron chi connectivity index (χ2n) is 9.00. The van der Waals surface area contributed by atoms with Crippen LogP contribution in [0.5, 0.6) is 0 Å². The van der Waals surface area contributed by atoms with Crippen LogP contribution in [-0.4, -0.2) is 31.7 Å². The fraction of sp³-hybridized carbons (Fsp3) is 0.233. The largest absolute Gasteiger partial charge is 0.478 e. The van der Waals surface area contributed by atoms with Crippen molar-refractivity contribution >= 4 is 23.5 Å². The summed E-state index contributed by atoms with van der Waals surface area (Å²) in [7, 11) is 0. The van der Waals surface area contributed by atoms with Crippen molar-refractivity contribution in [2.75, 3.05) is 0 Å². The Balaban J connectivity index is 1.53. The Labute approximate surface area is 226 Å². The van der Waals surface area contributed by atoms with Gasteiger partial charge in [0, 0.05) is 13.0 Å². The number of hydrogen-bond donors (Lipinski definition) is 2. The normalized spacial score (nSPS) is 11.0. The number of unbranched alkanes of at least 4 members (excludes halogenated alkanes) is 1. The fourth-order valence-electron chi connectivity index (χ4n) is 4.26. The summed E-state index contributed by atoms with van der Waals surface area (Å²) >= 11 is 6.55. The molecule has 0 amide bonds. The summed E-state index contributed by atoms with van der Waals surface area (Å²) in [6, 6.07) is 21.4. The van der Waals surface area contributed by atoms with Gasteiger partial charge in [0.2, 0.25) is 0 Å². The lowest BCUT2D eigenvalue weighted by Gasteiger charge is -2.14. The van der Waals surface area contributed by atoms with E-state index in [2.05, 4.69) is 16.5 Å². The third kappa shape index (κ3) is 6.49. The Morgan fingerprint density at radius 3 is 2.24 bits per heavy atom. The molecule has 196 valence electrons. The van der Waals surface area contributed by atoms with Gasteiger partial charge in [0.1, 0.15) is 5.82 Å². The number of benzene rings is 3. The minimum atomic E-state index is -0.966. The molecule has 4 rings (SSSR count). The zero-order valence-corrected chi connectivity index (χ0v) is 21.8. The monoisotopic (exact) mass is 532 g/mol. The van der Waals surface area contributed by atoms with Crippen molar-refractivity contribution in [1.29, 1.82) is 0 Å². The number of aryl methyl sites for hydroxylation is 1. The molecule has 0 unspecified atom stereocenters. The van der Waals surface area contributed by atoms with Crippen LogP contribution in [-0.2, 0) is 30.9 Å². The van der Waals surface area contributed by atoms with Crippen molar-refractivity contribution in [2.45, 2.75) is 45.9 Å². The quantitative estimate of drug-likeness (QED) is 0.210. The summed E-state index contributed by atoms with van der Waals surface area (Å²) in [5, 5.41) is 19.0. The molecule has 0 atom stereocenters. The third-order valence-electron chi connectivity index (χ3n) is 6.33. The number of nitrogens with zero attached hydrogens (tertiary/aromatic N) is 2. The number of imidazole rings is 1. The molecule has 7 nitrogen and oxygen atoms in total. The van der Waals surface area contributed by atoms with Gasteiger partial charge in [-0.15, -0.1) is 0 Å². The Bertz CT molecular complexity index is 1410. The minimum Gasteiger partial charge on any atom is -0.478 e. The number of ether oxygens (including phenoxy) is 1. The van der Waals surface area contributed by atoms with Gasteiger partial charge in [-0.05, 0) is 46.9 Å². The minimum absolute atomic E-state index is 0.230. The van der Waals surface area contributed by atoms with Crippen molar-refractivity contribution < 1.29 is 24.5 Å². The molecule has 4 aromatic rings. The number of carbonyl (C=O) groups is 2. The molecule has 0 bridgehead atoms. The van der Waals surface area contributed by atoms with E-state index in [1.807, 2.05) is 36.4 Å². The average Bonchev–Trinajstić information content (AvgIpc) is 3.21. The first-order valence-corrected chi connectivity index (χ1v) is 12.8. The smallest absolute Gasteiger partial charge is 0.336 e. The maximum Gasteiger partial charge on any atom is 0.336 e. The first-order chi connectivity index (χ1) is 18.4. The standard InChI is InChI=1S/C30H29ClN2O5/c1-2-3-8-27-32-28(31)26(19-38-18-21-11-15-23(16-12-21)29(34)35)33(27)17-20-9-13-22(14-10-20)24-6-4-5-7-25(24)30(36)37/h4-7,9-16H,2-3,8,17-19H2,1H3,(H,34,35)(H,36,37). The van der Waals surface area contributed by atoms with Crippen molar-refractivity contribution in [1.82, 2.24) is 9.55 Å². The van der Waals surface area contributed by atoms with Gasteiger partial charge in [-0.25, -0.2) is 14.6 Å². The Morgan fingerprint density at radius 2 is 1.58 bits per heavy atom. The molecule has 0 radical (unpaired) electrons. The molecule has 0 saturated heterocycles. The Morgan fingerprint density at radius 1 is 0.895 bits per heavy atom. The van der Waals surface area contributed by atoms with Gasteiger partial charge in [-0.2, -0.15) is 0 Å². The lowest BCUT2D eigenvalue weighted by molar-refractivity contribution is 0.0686. The second kappa shape index (κ2) is 12.5. The molecule has 0 aliphatic heterocycles. The van der Waals surface area contributed by atoms with E-state index in [1.165, 1.54) is 0 Å². The molecular weight excluding hydrogens is 504 g/mol. The number of halogens is 1. The van der Waals surface area contributed by atoms with Crippen molar-refractivity contribution in [3.8, 4) is 11.1 Å². The van der Waals surface area contributed by atoms with Gasteiger partial charge in [-0.1, -0.05) is 79.5 Å². The number of rotatable bonds is 12. The number of hydrogen-bond acceptors (Lipinski definition) is 4. The fourth-order valence-corrected chi connectivity index (χ4v) is 4.51. The Kier molecular flexibility index (Phi) is 8.94. The van der Waals surface area contributed by atoms with Crippen LogP contribution in [0.15, 0.2) is 72.8 Å². The topological polar surface area (TPSA) is 102 Å². The van der Waals surface area contributed by atoms with E-state index in [1.54, 1.807) is 36.4 Å². The van der Waals surface area contributed by atoms with Crippen LogP contribution in [0.25, 0.3) is 11.1 Å². The lowest BCUT2D eigenvalue weighted by atomic mass is 9.99. The number of aromatic nitrogens is 2. The molecule has 0 fully saturated rings. The summed E-state index contributed by atoms with van der Waals surface area (Å²) in [6.45, 7) is 3.24. The van der Waals surface area contributed by atoms with Crippen molar-refractivity contribution in [3.05, 3.63) is 112 Å². The first kappa shape index (κ1) is 27.1. The highest BCUT2D eigenvalue weighted by Gasteiger charge is 2.17. The van der Waals surface area contributed by atoms with Gasteiger partial charge >= 0.3 is 11.9 Å². The summed E-state index contributed by atoms with van der Waals surface area (Å²) < 4.78 is 8.04. The summed E-state index contributed by atoms with van der Waals surface area (Å²) in [6.07, 6.45) is 2.80. The van der Waals surface area contributed by atoms with E-state index in [4.69, 9.17) is 21.4 Å². The van der Waals surface area contributed by atoms with Crippen LogP contribution in [0, 0.1) is 0 Å². The summed E-state index contributed by atoms with van der Waals surface area (Å²) in [4.78, 5) is 27.3. The maximum atomic E-state index is 11.6. The molecule has 0 spiro atoms. The molecule has 8 heteroatoms. The van der Waals surface area contributed by atoms with Crippen LogP contribution in [0.3, 0.4) is 0 Å². The second-order valence-corrected chi connectivity index (χ2v) is 9.36. The van der Waals surface area contributed by atoms with E-state index in [0.717, 1.165) is 47.5 Å². The van der Waals surface area contributed by atoms with Crippen LogP contribution in [0.1, 0.15) is 63.1 Å². The highest BCUT2D eigenvalue weighted by atomic mass is 35.5. The number of carboxylic acid groups (broad SMARTS) is 2. The van der Waals surface area contributed by atoms with Crippen molar-refractivity contribution in [3.63, 3.8) is 0 Å². The predicted octanol–water partition coefficient (Wildman–Crippen LogP) is 6.71. The molecule has 0 saturated carbocycles. The lowest BCUT2D eigenvalue weighted by Crippen LogP contribution is -2.10. The molecule has 0 aliphatic rings. The summed E-state index contributed by atoms with van der Waals surface area (Å²) in [5.41, 5.74) is 4.67. The molecule has 2 N–H and O–H groups in total. The van der Waals surface area contributed by atoms with Gasteiger partial charge in [-0.3, -0.25) is 0 Å². The summed E-state index contributed by atoms with van der Waals surface area (Å²) in [5.74, 6) is -1.03. The van der Waals surface area contributed by atoms with Gasteiger partial charge in [0.05, 0.1) is 30.0 Å².